The van der Waals surface area contributed by atoms with Crippen LogP contribution in [0.2, 0.25) is 0 Å². The predicted molar refractivity (Wildman–Crippen MR) is 64.9 cm³/mol. The zero-order chi connectivity index (χ0) is 11.4. The Morgan fingerprint density at radius 1 is 1.19 bits per heavy atom. The Morgan fingerprint density at radius 2 is 1.81 bits per heavy atom. The van der Waals surface area contributed by atoms with Crippen LogP contribution in [0, 0.1) is 11.3 Å². The van der Waals surface area contributed by atoms with E-state index in [1.165, 1.54) is 25.7 Å². The van der Waals surface area contributed by atoms with Gasteiger partial charge in [-0.1, -0.05) is 25.7 Å². The minimum absolute atomic E-state index is 0.222. The third-order valence-corrected chi connectivity index (χ3v) is 4.46. The van der Waals surface area contributed by atoms with Crippen LogP contribution in [0.4, 0.5) is 0 Å². The van der Waals surface area contributed by atoms with Gasteiger partial charge in [-0.25, -0.2) is 0 Å². The van der Waals surface area contributed by atoms with Gasteiger partial charge in [0, 0.05) is 13.1 Å². The Kier molecular flexibility index (Phi) is 3.85. The summed E-state index contributed by atoms with van der Waals surface area (Å²) in [5, 5.41) is 3.14. The molecule has 92 valence electrons. The van der Waals surface area contributed by atoms with E-state index in [-0.39, 0.29) is 11.3 Å². The summed E-state index contributed by atoms with van der Waals surface area (Å²) in [6.07, 6.45) is 9.54. The number of nitrogens with two attached hydrogens (primary N) is 1. The fourth-order valence-corrected chi connectivity index (χ4v) is 3.21. The summed E-state index contributed by atoms with van der Waals surface area (Å²) < 4.78 is 0. The van der Waals surface area contributed by atoms with Crippen LogP contribution in [0.1, 0.15) is 51.4 Å². The third kappa shape index (κ3) is 2.40. The molecular formula is C13H24N2O. The van der Waals surface area contributed by atoms with Crippen LogP contribution in [0.3, 0.4) is 0 Å². The van der Waals surface area contributed by atoms with Crippen LogP contribution in [0.5, 0.6) is 0 Å². The molecule has 0 aromatic rings. The van der Waals surface area contributed by atoms with Gasteiger partial charge in [0.15, 0.2) is 0 Å². The summed E-state index contributed by atoms with van der Waals surface area (Å²) in [4.78, 5) is 12.2. The summed E-state index contributed by atoms with van der Waals surface area (Å²) >= 11 is 0. The van der Waals surface area contributed by atoms with E-state index < -0.39 is 0 Å². The number of rotatable bonds is 4. The molecule has 2 rings (SSSR count). The van der Waals surface area contributed by atoms with E-state index in [0.717, 1.165) is 38.1 Å². The molecule has 3 N–H and O–H groups in total. The second-order valence-electron chi connectivity index (χ2n) is 5.55. The maximum absolute atomic E-state index is 12.2. The molecule has 2 aliphatic rings. The Hall–Kier alpha value is -0.570. The monoisotopic (exact) mass is 224 g/mol. The molecule has 0 aromatic carbocycles. The molecule has 0 radical (unpaired) electrons. The second kappa shape index (κ2) is 5.17. The first-order chi connectivity index (χ1) is 7.77. The van der Waals surface area contributed by atoms with E-state index in [1.807, 2.05) is 0 Å². The summed E-state index contributed by atoms with van der Waals surface area (Å²) in [7, 11) is 0. The van der Waals surface area contributed by atoms with Crippen LogP contribution in [-0.2, 0) is 4.79 Å². The fraction of sp³-hybridized carbons (Fsp3) is 0.923. The van der Waals surface area contributed by atoms with E-state index >= 15 is 0 Å². The lowest BCUT2D eigenvalue weighted by Gasteiger charge is -2.26. The predicted octanol–water partition coefficient (Wildman–Crippen LogP) is 1.81. The molecule has 0 unspecified atom stereocenters. The van der Waals surface area contributed by atoms with Crippen molar-refractivity contribution in [3.05, 3.63) is 0 Å². The molecule has 1 amide bonds. The lowest BCUT2D eigenvalue weighted by Crippen LogP contribution is -2.45. The Labute approximate surface area is 98.2 Å². The van der Waals surface area contributed by atoms with Crippen molar-refractivity contribution in [1.29, 1.82) is 0 Å². The molecule has 0 spiro atoms. The van der Waals surface area contributed by atoms with E-state index in [1.54, 1.807) is 0 Å². The maximum Gasteiger partial charge on any atom is 0.227 e. The first-order valence-electron chi connectivity index (χ1n) is 6.75. The number of hydrogen-bond acceptors (Lipinski definition) is 2. The van der Waals surface area contributed by atoms with Crippen molar-refractivity contribution in [3.63, 3.8) is 0 Å². The van der Waals surface area contributed by atoms with Crippen LogP contribution < -0.4 is 11.1 Å². The van der Waals surface area contributed by atoms with Crippen LogP contribution in [-0.4, -0.2) is 19.0 Å². The van der Waals surface area contributed by atoms with Crippen molar-refractivity contribution in [2.45, 2.75) is 51.4 Å². The molecule has 3 nitrogen and oxygen atoms in total. The van der Waals surface area contributed by atoms with Crippen molar-refractivity contribution in [1.82, 2.24) is 5.32 Å². The zero-order valence-electron chi connectivity index (χ0n) is 10.1. The summed E-state index contributed by atoms with van der Waals surface area (Å²) in [6.45, 7) is 1.39. The standard InChI is InChI=1S/C13H24N2O/c14-10-13(7-3-4-8-13)12(16)15-9-11-5-1-2-6-11/h11H,1-10,14H2,(H,15,16). The molecule has 0 aromatic heterocycles. The van der Waals surface area contributed by atoms with Crippen molar-refractivity contribution in [2.75, 3.05) is 13.1 Å². The van der Waals surface area contributed by atoms with Gasteiger partial charge in [0.25, 0.3) is 0 Å². The van der Waals surface area contributed by atoms with Crippen molar-refractivity contribution < 1.29 is 4.79 Å². The van der Waals surface area contributed by atoms with Crippen LogP contribution >= 0.6 is 0 Å². The third-order valence-electron chi connectivity index (χ3n) is 4.46. The molecule has 0 saturated heterocycles. The SMILES string of the molecule is NCC1(C(=O)NCC2CCCC2)CCCC1. The normalized spacial score (nSPS) is 24.8. The number of nitrogens with one attached hydrogen (secondary N) is 1. The minimum Gasteiger partial charge on any atom is -0.355 e. The lowest BCUT2D eigenvalue weighted by atomic mass is 9.85. The summed E-state index contributed by atoms with van der Waals surface area (Å²) in [6, 6.07) is 0. The van der Waals surface area contributed by atoms with Gasteiger partial charge >= 0.3 is 0 Å². The van der Waals surface area contributed by atoms with Crippen LogP contribution in [0.25, 0.3) is 0 Å². The van der Waals surface area contributed by atoms with E-state index in [0.29, 0.717) is 6.54 Å². The second-order valence-corrected chi connectivity index (χ2v) is 5.55. The van der Waals surface area contributed by atoms with Gasteiger partial charge in [0.2, 0.25) is 5.91 Å². The highest BCUT2D eigenvalue weighted by Crippen LogP contribution is 2.37. The van der Waals surface area contributed by atoms with Gasteiger partial charge in [-0.3, -0.25) is 4.79 Å². The van der Waals surface area contributed by atoms with E-state index in [9.17, 15) is 4.79 Å². The molecule has 16 heavy (non-hydrogen) atoms. The van der Waals surface area contributed by atoms with Gasteiger partial charge < -0.3 is 11.1 Å². The molecule has 2 saturated carbocycles. The average Bonchev–Trinajstić information content (AvgIpc) is 2.97. The number of carbonyl (C=O) groups excluding carboxylic acids is 1. The highest BCUT2D eigenvalue weighted by atomic mass is 16.2. The molecule has 0 aliphatic heterocycles. The van der Waals surface area contributed by atoms with Gasteiger partial charge in [0.05, 0.1) is 5.41 Å². The molecule has 2 aliphatic carbocycles. The van der Waals surface area contributed by atoms with Gasteiger partial charge in [-0.05, 0) is 31.6 Å². The van der Waals surface area contributed by atoms with Gasteiger partial charge in [0.1, 0.15) is 0 Å². The molecular weight excluding hydrogens is 200 g/mol. The minimum atomic E-state index is -0.224. The highest BCUT2D eigenvalue weighted by molar-refractivity contribution is 5.83. The Balaban J connectivity index is 1.81. The topological polar surface area (TPSA) is 55.1 Å². The van der Waals surface area contributed by atoms with Crippen molar-refractivity contribution in [2.24, 2.45) is 17.1 Å². The average molecular weight is 224 g/mol. The van der Waals surface area contributed by atoms with E-state index in [2.05, 4.69) is 5.32 Å². The Bertz CT molecular complexity index is 240. The number of carbonyl (C=O) groups is 1. The number of amides is 1. The van der Waals surface area contributed by atoms with Gasteiger partial charge in [-0.2, -0.15) is 0 Å². The van der Waals surface area contributed by atoms with Gasteiger partial charge in [-0.15, -0.1) is 0 Å². The molecule has 0 bridgehead atoms. The molecule has 0 heterocycles. The quantitative estimate of drug-likeness (QED) is 0.765. The largest absolute Gasteiger partial charge is 0.355 e. The molecule has 3 heteroatoms. The smallest absolute Gasteiger partial charge is 0.227 e. The van der Waals surface area contributed by atoms with Crippen molar-refractivity contribution >= 4 is 5.91 Å². The molecule has 2 fully saturated rings. The first-order valence-corrected chi connectivity index (χ1v) is 6.75. The van der Waals surface area contributed by atoms with Crippen molar-refractivity contribution in [3.8, 4) is 0 Å². The highest BCUT2D eigenvalue weighted by Gasteiger charge is 2.39. The zero-order valence-corrected chi connectivity index (χ0v) is 10.1. The molecule has 0 atom stereocenters. The fourth-order valence-electron chi connectivity index (χ4n) is 3.21. The summed E-state index contributed by atoms with van der Waals surface area (Å²) in [5.41, 5.74) is 5.57. The van der Waals surface area contributed by atoms with E-state index in [4.69, 9.17) is 5.73 Å². The summed E-state index contributed by atoms with van der Waals surface area (Å²) in [5.74, 6) is 0.944. The maximum atomic E-state index is 12.2. The van der Waals surface area contributed by atoms with Crippen LogP contribution in [0.15, 0.2) is 0 Å². The number of hydrogen-bond donors (Lipinski definition) is 2. The first kappa shape index (κ1) is 11.9. The Morgan fingerprint density at radius 3 is 2.38 bits per heavy atom. The lowest BCUT2D eigenvalue weighted by molar-refractivity contribution is -0.130.